The van der Waals surface area contributed by atoms with Crippen LogP contribution in [0.5, 0.6) is 0 Å². The molecule has 4 aromatic rings. The number of nitrogens with one attached hydrogen (secondary N) is 2. The molecule has 12 heteroatoms. The SMILES string of the molecule is C[C@@H](CO)NCc1ccc2c(c1)nc(NC(=O)c1ccc(-c3ccnc(F)c3)s1)n2C[C@H]1CCCN1C(=O)/C(C#N)=C\C1(C)CC1. The van der Waals surface area contributed by atoms with Gasteiger partial charge in [0.15, 0.2) is 0 Å². The summed E-state index contributed by atoms with van der Waals surface area (Å²) in [4.78, 5) is 38.5. The van der Waals surface area contributed by atoms with Crippen LogP contribution in [0.4, 0.5) is 10.3 Å². The van der Waals surface area contributed by atoms with Crippen LogP contribution < -0.4 is 10.6 Å². The van der Waals surface area contributed by atoms with Crippen molar-refractivity contribution in [2.24, 2.45) is 5.41 Å². The molecule has 2 fully saturated rings. The van der Waals surface area contributed by atoms with Gasteiger partial charge in [-0.1, -0.05) is 19.1 Å². The highest BCUT2D eigenvalue weighted by Gasteiger charge is 2.38. The highest BCUT2D eigenvalue weighted by atomic mass is 32.1. The second kappa shape index (κ2) is 13.1. The molecule has 3 aromatic heterocycles. The number of halogens is 1. The van der Waals surface area contributed by atoms with Crippen molar-refractivity contribution in [3.63, 3.8) is 0 Å². The quantitative estimate of drug-likeness (QED) is 0.115. The van der Waals surface area contributed by atoms with E-state index >= 15 is 0 Å². The van der Waals surface area contributed by atoms with Crippen molar-refractivity contribution < 1.29 is 19.1 Å². The maximum absolute atomic E-state index is 13.7. The molecule has 2 atom stereocenters. The number of carbonyl (C=O) groups excluding carboxylic acids is 2. The van der Waals surface area contributed by atoms with E-state index in [4.69, 9.17) is 4.98 Å². The standard InChI is InChI=1S/C34H36FN7O3S/c1-21(20-43)38-18-22-5-6-27-26(14-22)39-33(40-31(44)29-8-7-28(46-29)23-9-12-37-30(35)15-23)42(27)19-25-4-3-13-41(25)32(45)24(17-36)16-34(2)10-11-34/h5-9,12,14-16,21,25,38,43H,3-4,10-11,13,18-20H2,1-2H3,(H,39,40,44)/b24-16-/t21-,25+/m0/s1. The van der Waals surface area contributed by atoms with Gasteiger partial charge in [0.25, 0.3) is 11.8 Å². The van der Waals surface area contributed by atoms with Crippen molar-refractivity contribution >= 4 is 40.1 Å². The molecule has 10 nitrogen and oxygen atoms in total. The monoisotopic (exact) mass is 641 g/mol. The fourth-order valence-corrected chi connectivity index (χ4v) is 6.64. The molecule has 2 amide bonds. The van der Waals surface area contributed by atoms with Crippen LogP contribution >= 0.6 is 11.3 Å². The van der Waals surface area contributed by atoms with Gasteiger partial charge >= 0.3 is 0 Å². The molecule has 0 spiro atoms. The Bertz CT molecular complexity index is 1850. The third-order valence-electron chi connectivity index (χ3n) is 8.72. The molecule has 0 unspecified atom stereocenters. The second-order valence-corrected chi connectivity index (χ2v) is 13.5. The number of amides is 2. The molecule has 1 aliphatic heterocycles. The summed E-state index contributed by atoms with van der Waals surface area (Å²) in [5.41, 5.74) is 3.19. The largest absolute Gasteiger partial charge is 0.395 e. The molecule has 0 bridgehead atoms. The van der Waals surface area contributed by atoms with Gasteiger partial charge in [0.05, 0.1) is 28.6 Å². The van der Waals surface area contributed by atoms with E-state index in [1.165, 1.54) is 23.6 Å². The number of hydrogen-bond acceptors (Lipinski definition) is 8. The van der Waals surface area contributed by atoms with Gasteiger partial charge in [0, 0.05) is 42.8 Å². The minimum atomic E-state index is -0.593. The lowest BCUT2D eigenvalue weighted by molar-refractivity contribution is -0.127. The minimum absolute atomic E-state index is 0.0200. The second-order valence-electron chi connectivity index (χ2n) is 12.4. The first kappa shape index (κ1) is 31.5. The maximum atomic E-state index is 13.7. The van der Waals surface area contributed by atoms with Gasteiger partial charge in [-0.2, -0.15) is 9.65 Å². The number of aliphatic hydroxyl groups is 1. The number of allylic oxidation sites excluding steroid dienone is 1. The molecule has 0 radical (unpaired) electrons. The van der Waals surface area contributed by atoms with E-state index in [0.29, 0.717) is 41.5 Å². The Hall–Kier alpha value is -4.44. The Morgan fingerprint density at radius 1 is 1.26 bits per heavy atom. The third kappa shape index (κ3) is 6.87. The Morgan fingerprint density at radius 2 is 2.09 bits per heavy atom. The highest BCUT2D eigenvalue weighted by Crippen LogP contribution is 2.47. The number of fused-ring (bicyclic) bond motifs is 1. The van der Waals surface area contributed by atoms with E-state index < -0.39 is 5.95 Å². The molecular formula is C34H36FN7O3S. The number of pyridine rings is 1. The summed E-state index contributed by atoms with van der Waals surface area (Å²) in [6.45, 7) is 5.46. The first-order valence-electron chi connectivity index (χ1n) is 15.5. The fourth-order valence-electron chi connectivity index (χ4n) is 5.75. The van der Waals surface area contributed by atoms with Crippen molar-refractivity contribution in [2.45, 2.75) is 64.7 Å². The van der Waals surface area contributed by atoms with Crippen LogP contribution in [0.3, 0.4) is 0 Å². The number of likely N-dealkylation sites (tertiary alicyclic amines) is 1. The predicted molar refractivity (Wildman–Crippen MR) is 174 cm³/mol. The van der Waals surface area contributed by atoms with Crippen LogP contribution in [-0.4, -0.2) is 61.6 Å². The number of thiophene rings is 1. The van der Waals surface area contributed by atoms with Crippen molar-refractivity contribution in [3.05, 3.63) is 76.7 Å². The number of nitriles is 1. The summed E-state index contributed by atoms with van der Waals surface area (Å²) < 4.78 is 15.6. The number of carbonyl (C=O) groups is 2. The number of aliphatic hydroxyl groups excluding tert-OH is 1. The van der Waals surface area contributed by atoms with E-state index in [9.17, 15) is 24.3 Å². The zero-order valence-corrected chi connectivity index (χ0v) is 26.6. The molecule has 1 saturated carbocycles. The highest BCUT2D eigenvalue weighted by molar-refractivity contribution is 7.17. The first-order valence-corrected chi connectivity index (χ1v) is 16.3. The Labute approximate surface area is 270 Å². The van der Waals surface area contributed by atoms with E-state index in [-0.39, 0.29) is 41.5 Å². The molecule has 1 saturated heterocycles. The average molecular weight is 642 g/mol. The molecule has 238 valence electrons. The zero-order chi connectivity index (χ0) is 32.4. The Morgan fingerprint density at radius 3 is 2.83 bits per heavy atom. The summed E-state index contributed by atoms with van der Waals surface area (Å²) in [5.74, 6) is -0.852. The van der Waals surface area contributed by atoms with Gasteiger partial charge in [0.2, 0.25) is 11.9 Å². The normalized spacial score (nSPS) is 18.0. The minimum Gasteiger partial charge on any atom is -0.395 e. The summed E-state index contributed by atoms with van der Waals surface area (Å²) in [5, 5.41) is 25.5. The fraction of sp³-hybridized carbons (Fsp3) is 0.382. The van der Waals surface area contributed by atoms with E-state index in [0.717, 1.165) is 41.6 Å². The molecule has 46 heavy (non-hydrogen) atoms. The van der Waals surface area contributed by atoms with Gasteiger partial charge in [0.1, 0.15) is 11.6 Å². The first-order chi connectivity index (χ1) is 22.2. The zero-order valence-electron chi connectivity index (χ0n) is 25.8. The van der Waals surface area contributed by atoms with Gasteiger partial charge in [-0.05, 0) is 79.5 Å². The molecule has 3 N–H and O–H groups in total. The van der Waals surface area contributed by atoms with E-state index in [1.54, 1.807) is 23.1 Å². The van der Waals surface area contributed by atoms with Gasteiger partial charge in [-0.15, -0.1) is 11.3 Å². The Balaban J connectivity index is 1.29. The number of hydrogen-bond donors (Lipinski definition) is 3. The van der Waals surface area contributed by atoms with Crippen LogP contribution in [0.25, 0.3) is 21.5 Å². The van der Waals surface area contributed by atoms with Crippen molar-refractivity contribution in [3.8, 4) is 16.5 Å². The lowest BCUT2D eigenvalue weighted by Gasteiger charge is -2.26. The predicted octanol–water partition coefficient (Wildman–Crippen LogP) is 5.26. The van der Waals surface area contributed by atoms with Crippen molar-refractivity contribution in [2.75, 3.05) is 18.5 Å². The summed E-state index contributed by atoms with van der Waals surface area (Å²) in [6.07, 6.45) is 6.73. The van der Waals surface area contributed by atoms with Crippen molar-refractivity contribution in [1.82, 2.24) is 24.8 Å². The molecule has 1 aromatic carbocycles. The van der Waals surface area contributed by atoms with Crippen molar-refractivity contribution in [1.29, 1.82) is 5.26 Å². The topological polar surface area (TPSA) is 136 Å². The number of aromatic nitrogens is 3. The lowest BCUT2D eigenvalue weighted by atomic mass is 10.0. The Kier molecular flexibility index (Phi) is 8.99. The number of benzene rings is 1. The molecule has 1 aliphatic carbocycles. The summed E-state index contributed by atoms with van der Waals surface area (Å²) in [7, 11) is 0. The van der Waals surface area contributed by atoms with E-state index in [1.807, 2.05) is 35.8 Å². The number of nitrogens with zero attached hydrogens (tertiary/aromatic N) is 5. The molecule has 4 heterocycles. The van der Waals surface area contributed by atoms with Gasteiger partial charge in [-0.25, -0.2) is 9.97 Å². The van der Waals surface area contributed by atoms with Gasteiger partial charge < -0.3 is 19.9 Å². The summed E-state index contributed by atoms with van der Waals surface area (Å²) in [6, 6.07) is 14.2. The van der Waals surface area contributed by atoms with E-state index in [2.05, 4.69) is 28.6 Å². The molecular weight excluding hydrogens is 605 g/mol. The lowest BCUT2D eigenvalue weighted by Crippen LogP contribution is -2.39. The molecule has 6 rings (SSSR count). The van der Waals surface area contributed by atoms with Crippen LogP contribution in [0, 0.1) is 22.7 Å². The molecule has 2 aliphatic rings. The van der Waals surface area contributed by atoms with Crippen LogP contribution in [0.15, 0.2) is 60.3 Å². The number of rotatable bonds is 11. The number of imidazole rings is 1. The van der Waals surface area contributed by atoms with Gasteiger partial charge in [-0.3, -0.25) is 14.9 Å². The maximum Gasteiger partial charge on any atom is 0.268 e. The summed E-state index contributed by atoms with van der Waals surface area (Å²) >= 11 is 1.24. The smallest absolute Gasteiger partial charge is 0.268 e. The third-order valence-corrected chi connectivity index (χ3v) is 9.85. The van der Waals surface area contributed by atoms with Crippen LogP contribution in [-0.2, 0) is 17.9 Å². The average Bonchev–Trinajstić information content (AvgIpc) is 3.42. The van der Waals surface area contributed by atoms with Crippen LogP contribution in [0.1, 0.15) is 54.8 Å². The number of anilines is 1. The van der Waals surface area contributed by atoms with Crippen LogP contribution in [0.2, 0.25) is 0 Å².